The van der Waals surface area contributed by atoms with Gasteiger partial charge in [-0.2, -0.15) is 4.31 Å². The molecule has 0 saturated heterocycles. The lowest BCUT2D eigenvalue weighted by Crippen LogP contribution is -2.31. The topological polar surface area (TPSA) is 107 Å². The highest BCUT2D eigenvalue weighted by molar-refractivity contribution is 7.89. The molecule has 0 heterocycles. The van der Waals surface area contributed by atoms with Crippen molar-refractivity contribution < 1.29 is 17.7 Å². The van der Waals surface area contributed by atoms with Crippen molar-refractivity contribution in [2.75, 3.05) is 18.8 Å². The van der Waals surface area contributed by atoms with Gasteiger partial charge in [-0.25, -0.2) is 12.8 Å². The lowest BCUT2D eigenvalue weighted by Gasteiger charge is -2.19. The Hall–Kier alpha value is -1.74. The normalized spacial score (nSPS) is 11.8. The molecule has 0 unspecified atom stereocenters. The van der Waals surface area contributed by atoms with Crippen LogP contribution in [0.25, 0.3) is 0 Å². The van der Waals surface area contributed by atoms with Gasteiger partial charge in [0.15, 0.2) is 5.82 Å². The van der Waals surface area contributed by atoms with Crippen LogP contribution in [-0.2, 0) is 10.0 Å². The number of hydrogen-bond acceptors (Lipinski definition) is 5. The maximum atomic E-state index is 13.8. The van der Waals surface area contributed by atoms with Gasteiger partial charge in [-0.1, -0.05) is 13.8 Å². The zero-order valence-electron chi connectivity index (χ0n) is 10.5. The van der Waals surface area contributed by atoms with Crippen LogP contribution >= 0.6 is 0 Å². The molecule has 0 saturated carbocycles. The number of nitrogen functional groups attached to an aromatic ring is 1. The smallest absolute Gasteiger partial charge is 0.274 e. The Morgan fingerprint density at radius 2 is 1.89 bits per heavy atom. The van der Waals surface area contributed by atoms with Crippen molar-refractivity contribution >= 4 is 21.4 Å². The summed E-state index contributed by atoms with van der Waals surface area (Å²) in [6, 6.07) is 1.38. The number of anilines is 1. The molecule has 9 heteroatoms. The molecule has 7 nitrogen and oxygen atoms in total. The van der Waals surface area contributed by atoms with Crippen molar-refractivity contribution in [1.29, 1.82) is 0 Å². The molecule has 0 radical (unpaired) electrons. The average Bonchev–Trinajstić information content (AvgIpc) is 2.28. The summed E-state index contributed by atoms with van der Waals surface area (Å²) in [7, 11) is -4.09. The molecule has 2 N–H and O–H groups in total. The third-order valence-electron chi connectivity index (χ3n) is 2.57. The molecule has 0 fully saturated rings. The average molecular weight is 291 g/mol. The molecule has 19 heavy (non-hydrogen) atoms. The Balaban J connectivity index is 3.48. The summed E-state index contributed by atoms with van der Waals surface area (Å²) < 4.78 is 39.1. The van der Waals surface area contributed by atoms with E-state index in [0.717, 1.165) is 10.4 Å². The third kappa shape index (κ3) is 2.82. The van der Waals surface area contributed by atoms with Gasteiger partial charge < -0.3 is 5.73 Å². The molecule has 0 aliphatic heterocycles. The number of nitrogens with zero attached hydrogens (tertiary/aromatic N) is 2. The van der Waals surface area contributed by atoms with E-state index >= 15 is 0 Å². The molecule has 1 aromatic carbocycles. The Kier molecular flexibility index (Phi) is 4.43. The molecule has 0 atom stereocenters. The van der Waals surface area contributed by atoms with Gasteiger partial charge in [0.2, 0.25) is 10.0 Å². The highest BCUT2D eigenvalue weighted by Crippen LogP contribution is 2.29. The van der Waals surface area contributed by atoms with E-state index in [-0.39, 0.29) is 13.1 Å². The lowest BCUT2D eigenvalue weighted by molar-refractivity contribution is -0.385. The van der Waals surface area contributed by atoms with Gasteiger partial charge in [0.25, 0.3) is 5.69 Å². The van der Waals surface area contributed by atoms with Gasteiger partial charge in [-0.15, -0.1) is 0 Å². The van der Waals surface area contributed by atoms with Crippen LogP contribution in [0.3, 0.4) is 0 Å². The molecule has 0 aromatic heterocycles. The quantitative estimate of drug-likeness (QED) is 0.500. The third-order valence-corrected chi connectivity index (χ3v) is 4.71. The standard InChI is InChI=1S/C10H14FN3O4S/c1-3-13(4-2)19(17,18)10-8(11)5-7(14(15)16)6-9(10)12/h5-6H,3-4,12H2,1-2H3. The van der Waals surface area contributed by atoms with E-state index in [1.165, 1.54) is 0 Å². The summed E-state index contributed by atoms with van der Waals surface area (Å²) in [5.74, 6) is -1.22. The maximum absolute atomic E-state index is 13.8. The van der Waals surface area contributed by atoms with Gasteiger partial charge in [-0.3, -0.25) is 10.1 Å². The van der Waals surface area contributed by atoms with E-state index in [4.69, 9.17) is 5.73 Å². The van der Waals surface area contributed by atoms with E-state index in [1.807, 2.05) is 0 Å². The highest BCUT2D eigenvalue weighted by atomic mass is 32.2. The van der Waals surface area contributed by atoms with Crippen LogP contribution < -0.4 is 5.73 Å². The molecule has 0 aliphatic carbocycles. The summed E-state index contributed by atoms with van der Waals surface area (Å²) in [6.07, 6.45) is 0. The van der Waals surface area contributed by atoms with Gasteiger partial charge in [-0.05, 0) is 0 Å². The SMILES string of the molecule is CCN(CC)S(=O)(=O)c1c(N)cc([N+](=O)[O-])cc1F. The first-order chi connectivity index (χ1) is 8.75. The van der Waals surface area contributed by atoms with E-state index in [2.05, 4.69) is 0 Å². The van der Waals surface area contributed by atoms with Crippen LogP contribution in [0.5, 0.6) is 0 Å². The number of non-ortho nitro benzene ring substituents is 1. The second-order valence-corrected chi connectivity index (χ2v) is 5.57. The predicted octanol–water partition coefficient (Wildman–Crippen LogP) is 1.35. The summed E-state index contributed by atoms with van der Waals surface area (Å²) in [5.41, 5.74) is 4.38. The number of halogens is 1. The predicted molar refractivity (Wildman–Crippen MR) is 67.6 cm³/mol. The molecule has 0 aliphatic rings. The fourth-order valence-corrected chi connectivity index (χ4v) is 3.27. The van der Waals surface area contributed by atoms with Crippen LogP contribution in [0.2, 0.25) is 0 Å². The zero-order chi connectivity index (χ0) is 14.8. The number of nitro groups is 1. The molecule has 0 amide bonds. The molecular weight excluding hydrogens is 277 g/mol. The molecular formula is C10H14FN3O4S. The second kappa shape index (κ2) is 5.49. The summed E-state index contributed by atoms with van der Waals surface area (Å²) in [5, 5.41) is 10.5. The Bertz CT molecular complexity index is 576. The maximum Gasteiger partial charge on any atom is 0.274 e. The van der Waals surface area contributed by atoms with Crippen LogP contribution in [0, 0.1) is 15.9 Å². The van der Waals surface area contributed by atoms with Crippen LogP contribution in [0.15, 0.2) is 17.0 Å². The first-order valence-electron chi connectivity index (χ1n) is 5.49. The summed E-state index contributed by atoms with van der Waals surface area (Å²) in [6.45, 7) is 3.49. The Labute approximate surface area is 110 Å². The van der Waals surface area contributed by atoms with Crippen LogP contribution in [0.4, 0.5) is 15.8 Å². The van der Waals surface area contributed by atoms with Crippen molar-refractivity contribution in [2.24, 2.45) is 0 Å². The van der Waals surface area contributed by atoms with E-state index < -0.39 is 37.0 Å². The summed E-state index contributed by atoms with van der Waals surface area (Å²) >= 11 is 0. The zero-order valence-corrected chi connectivity index (χ0v) is 11.3. The van der Waals surface area contributed by atoms with Crippen molar-refractivity contribution in [1.82, 2.24) is 4.31 Å². The van der Waals surface area contributed by atoms with Gasteiger partial charge >= 0.3 is 0 Å². The fraction of sp³-hybridized carbons (Fsp3) is 0.400. The monoisotopic (exact) mass is 291 g/mol. The minimum atomic E-state index is -4.09. The van der Waals surface area contributed by atoms with Crippen molar-refractivity contribution in [3.05, 3.63) is 28.1 Å². The number of nitrogens with two attached hydrogens (primary N) is 1. The van der Waals surface area contributed by atoms with Gasteiger partial charge in [0.1, 0.15) is 4.90 Å². The Morgan fingerprint density at radius 3 is 2.26 bits per heavy atom. The van der Waals surface area contributed by atoms with E-state index in [9.17, 15) is 22.9 Å². The fourth-order valence-electron chi connectivity index (χ4n) is 1.67. The highest BCUT2D eigenvalue weighted by Gasteiger charge is 2.29. The van der Waals surface area contributed by atoms with Gasteiger partial charge in [0, 0.05) is 19.2 Å². The lowest BCUT2D eigenvalue weighted by atomic mass is 10.3. The second-order valence-electron chi connectivity index (χ2n) is 3.69. The summed E-state index contributed by atoms with van der Waals surface area (Å²) in [4.78, 5) is 8.98. The van der Waals surface area contributed by atoms with E-state index in [1.54, 1.807) is 13.8 Å². The van der Waals surface area contributed by atoms with Crippen LogP contribution in [-0.4, -0.2) is 30.7 Å². The van der Waals surface area contributed by atoms with Crippen LogP contribution in [0.1, 0.15) is 13.8 Å². The van der Waals surface area contributed by atoms with Crippen molar-refractivity contribution in [3.63, 3.8) is 0 Å². The Morgan fingerprint density at radius 1 is 1.37 bits per heavy atom. The number of nitro benzene ring substituents is 1. The van der Waals surface area contributed by atoms with E-state index in [0.29, 0.717) is 6.07 Å². The minimum Gasteiger partial charge on any atom is -0.397 e. The van der Waals surface area contributed by atoms with Gasteiger partial charge in [0.05, 0.1) is 16.7 Å². The van der Waals surface area contributed by atoms with Crippen molar-refractivity contribution in [3.8, 4) is 0 Å². The molecule has 106 valence electrons. The minimum absolute atomic E-state index is 0.148. The molecule has 0 spiro atoms. The number of rotatable bonds is 5. The number of sulfonamides is 1. The first-order valence-corrected chi connectivity index (χ1v) is 6.93. The number of benzene rings is 1. The first kappa shape index (κ1) is 15.3. The number of hydrogen-bond donors (Lipinski definition) is 1. The molecule has 1 aromatic rings. The molecule has 1 rings (SSSR count). The largest absolute Gasteiger partial charge is 0.397 e. The molecule has 0 bridgehead atoms. The van der Waals surface area contributed by atoms with Crippen molar-refractivity contribution in [2.45, 2.75) is 18.7 Å².